The molecule has 3 aliphatic heterocycles. The summed E-state index contributed by atoms with van der Waals surface area (Å²) in [5.41, 5.74) is 3.32. The molecule has 0 aliphatic carbocycles. The summed E-state index contributed by atoms with van der Waals surface area (Å²) < 4.78 is 35.7. The monoisotopic (exact) mass is 670 g/mol. The van der Waals surface area contributed by atoms with E-state index >= 15 is 0 Å². The van der Waals surface area contributed by atoms with Crippen molar-refractivity contribution < 1.29 is 28.4 Å². The van der Waals surface area contributed by atoms with E-state index in [1.54, 1.807) is 0 Å². The van der Waals surface area contributed by atoms with E-state index in [0.29, 0.717) is 0 Å². The number of para-hydroxylation sites is 3. The molecule has 3 aromatic rings. The SMILES string of the molecule is CC(CCc1ccccc1OCCCCC1COC1)(c1ccccc1OCCCCC1COC1)c1ccccc1OCCCCC1COC1. The summed E-state index contributed by atoms with van der Waals surface area (Å²) >= 11 is 0. The van der Waals surface area contributed by atoms with E-state index < -0.39 is 0 Å². The molecule has 0 radical (unpaired) electrons. The normalized spacial score (nSPS) is 16.8. The minimum Gasteiger partial charge on any atom is -0.493 e. The van der Waals surface area contributed by atoms with Gasteiger partial charge in [-0.1, -0.05) is 61.5 Å². The summed E-state index contributed by atoms with van der Waals surface area (Å²) in [6.45, 7) is 10.1. The van der Waals surface area contributed by atoms with Crippen molar-refractivity contribution in [2.24, 2.45) is 17.8 Å². The topological polar surface area (TPSA) is 55.4 Å². The Bertz CT molecular complexity index is 1330. The van der Waals surface area contributed by atoms with Gasteiger partial charge in [0, 0.05) is 34.3 Å². The van der Waals surface area contributed by atoms with Gasteiger partial charge in [-0.15, -0.1) is 0 Å². The van der Waals surface area contributed by atoms with Crippen molar-refractivity contribution >= 4 is 0 Å². The zero-order valence-electron chi connectivity index (χ0n) is 29.8. The molecule has 0 aromatic heterocycles. The largest absolute Gasteiger partial charge is 0.493 e. The van der Waals surface area contributed by atoms with Crippen molar-refractivity contribution in [3.05, 3.63) is 89.5 Å². The van der Waals surface area contributed by atoms with Gasteiger partial charge >= 0.3 is 0 Å². The van der Waals surface area contributed by atoms with Crippen LogP contribution in [-0.2, 0) is 26.0 Å². The zero-order chi connectivity index (χ0) is 33.6. The Balaban J connectivity index is 1.16. The van der Waals surface area contributed by atoms with E-state index in [9.17, 15) is 0 Å². The predicted octanol–water partition coefficient (Wildman–Crippen LogP) is 9.21. The Morgan fingerprint density at radius 1 is 0.510 bits per heavy atom. The van der Waals surface area contributed by atoms with E-state index in [1.807, 2.05) is 0 Å². The maximum Gasteiger partial charge on any atom is 0.123 e. The minimum absolute atomic E-state index is 0.350. The lowest BCUT2D eigenvalue weighted by atomic mass is 9.71. The van der Waals surface area contributed by atoms with E-state index in [0.717, 1.165) is 127 Å². The summed E-state index contributed by atoms with van der Waals surface area (Å²) in [5.74, 6) is 5.14. The van der Waals surface area contributed by atoms with Gasteiger partial charge in [-0.05, 0) is 94.4 Å². The van der Waals surface area contributed by atoms with Gasteiger partial charge in [0.15, 0.2) is 0 Å². The van der Waals surface area contributed by atoms with Crippen LogP contribution in [0.4, 0.5) is 0 Å². The molecular formula is C43H58O6. The van der Waals surface area contributed by atoms with Crippen LogP contribution in [-0.4, -0.2) is 59.5 Å². The summed E-state index contributed by atoms with van der Waals surface area (Å²) in [6, 6.07) is 25.9. The highest BCUT2D eigenvalue weighted by Crippen LogP contribution is 2.45. The van der Waals surface area contributed by atoms with Gasteiger partial charge in [0.05, 0.1) is 59.5 Å². The molecule has 3 saturated heterocycles. The number of aryl methyl sites for hydroxylation is 1. The first-order valence-corrected chi connectivity index (χ1v) is 19.1. The molecule has 0 saturated carbocycles. The number of rotatable bonds is 23. The van der Waals surface area contributed by atoms with E-state index in [2.05, 4.69) is 79.7 Å². The average molecular weight is 671 g/mol. The van der Waals surface area contributed by atoms with Crippen molar-refractivity contribution in [1.82, 2.24) is 0 Å². The average Bonchev–Trinajstić information content (AvgIpc) is 3.06. The lowest BCUT2D eigenvalue weighted by molar-refractivity contribution is -0.0367. The lowest BCUT2D eigenvalue weighted by Crippen LogP contribution is -2.27. The molecule has 49 heavy (non-hydrogen) atoms. The molecule has 6 rings (SSSR count). The summed E-state index contributed by atoms with van der Waals surface area (Å²) in [6.07, 6.45) is 12.1. The molecule has 0 unspecified atom stereocenters. The molecule has 0 spiro atoms. The third-order valence-electron chi connectivity index (χ3n) is 10.7. The first-order valence-electron chi connectivity index (χ1n) is 19.1. The van der Waals surface area contributed by atoms with Gasteiger partial charge in [0.1, 0.15) is 17.2 Å². The van der Waals surface area contributed by atoms with Crippen LogP contribution >= 0.6 is 0 Å². The number of hydrogen-bond acceptors (Lipinski definition) is 6. The molecule has 0 amide bonds. The first-order chi connectivity index (χ1) is 24.2. The molecule has 6 heteroatoms. The van der Waals surface area contributed by atoms with Gasteiger partial charge in [0.2, 0.25) is 0 Å². The number of unbranched alkanes of at least 4 members (excludes halogenated alkanes) is 3. The number of benzene rings is 3. The van der Waals surface area contributed by atoms with Crippen LogP contribution in [0.2, 0.25) is 0 Å². The number of ether oxygens (including phenoxy) is 6. The summed E-state index contributed by atoms with van der Waals surface area (Å²) in [7, 11) is 0. The Morgan fingerprint density at radius 2 is 0.898 bits per heavy atom. The van der Waals surface area contributed by atoms with Gasteiger partial charge in [0.25, 0.3) is 0 Å². The molecule has 0 atom stereocenters. The third kappa shape index (κ3) is 10.2. The second kappa shape index (κ2) is 18.8. The molecule has 3 heterocycles. The molecular weight excluding hydrogens is 612 g/mol. The van der Waals surface area contributed by atoms with Gasteiger partial charge in [-0.2, -0.15) is 0 Å². The van der Waals surface area contributed by atoms with Crippen molar-refractivity contribution in [2.75, 3.05) is 59.5 Å². The Morgan fingerprint density at radius 3 is 1.33 bits per heavy atom. The fourth-order valence-electron chi connectivity index (χ4n) is 7.25. The van der Waals surface area contributed by atoms with Gasteiger partial charge < -0.3 is 28.4 Å². The van der Waals surface area contributed by atoms with Gasteiger partial charge in [-0.3, -0.25) is 0 Å². The second-order valence-electron chi connectivity index (χ2n) is 14.7. The number of hydrogen-bond donors (Lipinski definition) is 0. The van der Waals surface area contributed by atoms with Crippen LogP contribution in [0, 0.1) is 17.8 Å². The van der Waals surface area contributed by atoms with Crippen LogP contribution in [0.5, 0.6) is 17.2 Å². The Kier molecular flexibility index (Phi) is 13.7. The van der Waals surface area contributed by atoms with Crippen molar-refractivity contribution in [3.63, 3.8) is 0 Å². The van der Waals surface area contributed by atoms with E-state index in [4.69, 9.17) is 28.4 Å². The van der Waals surface area contributed by atoms with Crippen LogP contribution in [0.15, 0.2) is 72.8 Å². The fraction of sp³-hybridized carbons (Fsp3) is 0.581. The molecule has 266 valence electrons. The first kappa shape index (κ1) is 35.8. The molecule has 3 aromatic carbocycles. The smallest absolute Gasteiger partial charge is 0.123 e. The quantitative estimate of drug-likeness (QED) is 0.0938. The maximum atomic E-state index is 6.60. The standard InChI is InChI=1S/C43H58O6/c1-43(38-18-3-6-21-41(38)48-26-12-9-15-35-30-45-31-35,39-19-4-7-22-42(39)49-27-13-10-16-36-32-46-33-36)24-23-37-17-2-5-20-40(37)47-25-11-8-14-34-28-44-29-34/h2-7,17-22,34-36H,8-16,23-33H2,1H3. The molecule has 6 nitrogen and oxygen atoms in total. The predicted molar refractivity (Wildman–Crippen MR) is 195 cm³/mol. The lowest BCUT2D eigenvalue weighted by Gasteiger charge is -2.34. The van der Waals surface area contributed by atoms with Crippen LogP contribution in [0.3, 0.4) is 0 Å². The minimum atomic E-state index is -0.350. The Hall–Kier alpha value is -3.06. The Labute approximate surface area is 294 Å². The van der Waals surface area contributed by atoms with E-state index in [1.165, 1.54) is 55.2 Å². The van der Waals surface area contributed by atoms with Crippen LogP contribution in [0.25, 0.3) is 0 Å². The summed E-state index contributed by atoms with van der Waals surface area (Å²) in [4.78, 5) is 0. The van der Waals surface area contributed by atoms with Crippen LogP contribution in [0.1, 0.15) is 87.8 Å². The molecule has 0 N–H and O–H groups in total. The highest BCUT2D eigenvalue weighted by atomic mass is 16.5. The maximum absolute atomic E-state index is 6.60. The highest BCUT2D eigenvalue weighted by Gasteiger charge is 2.35. The molecule has 3 fully saturated rings. The van der Waals surface area contributed by atoms with Crippen LogP contribution < -0.4 is 14.2 Å². The van der Waals surface area contributed by atoms with E-state index in [-0.39, 0.29) is 5.41 Å². The summed E-state index contributed by atoms with van der Waals surface area (Å²) in [5, 5.41) is 0. The fourth-order valence-corrected chi connectivity index (χ4v) is 7.25. The van der Waals surface area contributed by atoms with Crippen molar-refractivity contribution in [2.45, 2.75) is 83.0 Å². The third-order valence-corrected chi connectivity index (χ3v) is 10.7. The van der Waals surface area contributed by atoms with Gasteiger partial charge in [-0.25, -0.2) is 0 Å². The zero-order valence-corrected chi connectivity index (χ0v) is 29.8. The molecule has 3 aliphatic rings. The highest BCUT2D eigenvalue weighted by molar-refractivity contribution is 5.52. The second-order valence-corrected chi connectivity index (χ2v) is 14.7. The van der Waals surface area contributed by atoms with Crippen molar-refractivity contribution in [3.8, 4) is 17.2 Å². The molecule has 0 bridgehead atoms. The van der Waals surface area contributed by atoms with Crippen molar-refractivity contribution in [1.29, 1.82) is 0 Å².